The molecular formula is C59H104O6. The lowest BCUT2D eigenvalue weighted by molar-refractivity contribution is -0.167. The maximum absolute atomic E-state index is 12.8. The first-order valence-electron chi connectivity index (χ1n) is 27.8. The summed E-state index contributed by atoms with van der Waals surface area (Å²) in [6, 6.07) is 0. The first kappa shape index (κ1) is 62.1. The Hall–Kier alpha value is -2.89. The van der Waals surface area contributed by atoms with Crippen molar-refractivity contribution in [3.63, 3.8) is 0 Å². The summed E-state index contributed by atoms with van der Waals surface area (Å²) in [5.74, 6) is -0.932. The van der Waals surface area contributed by atoms with E-state index in [2.05, 4.69) is 81.5 Å². The van der Waals surface area contributed by atoms with Crippen LogP contribution in [-0.4, -0.2) is 37.2 Å². The minimum absolute atomic E-state index is 0.0911. The van der Waals surface area contributed by atoms with Gasteiger partial charge in [-0.15, -0.1) is 0 Å². The van der Waals surface area contributed by atoms with Gasteiger partial charge in [0, 0.05) is 19.3 Å². The van der Waals surface area contributed by atoms with E-state index in [1.54, 1.807) is 0 Å². The van der Waals surface area contributed by atoms with Crippen molar-refractivity contribution in [2.45, 2.75) is 284 Å². The van der Waals surface area contributed by atoms with E-state index in [1.165, 1.54) is 148 Å². The fourth-order valence-electron chi connectivity index (χ4n) is 7.84. The predicted octanol–water partition coefficient (Wildman–Crippen LogP) is 18.4. The van der Waals surface area contributed by atoms with Gasteiger partial charge in [0.15, 0.2) is 6.10 Å². The number of rotatable bonds is 50. The van der Waals surface area contributed by atoms with Crippen LogP contribution in [0.4, 0.5) is 0 Å². The van der Waals surface area contributed by atoms with Crippen LogP contribution in [0.5, 0.6) is 0 Å². The van der Waals surface area contributed by atoms with Crippen molar-refractivity contribution in [2.24, 2.45) is 0 Å². The van der Waals surface area contributed by atoms with Gasteiger partial charge in [0.2, 0.25) is 0 Å². The lowest BCUT2D eigenvalue weighted by Crippen LogP contribution is -2.30. The van der Waals surface area contributed by atoms with Crippen LogP contribution < -0.4 is 0 Å². The molecule has 0 bridgehead atoms. The van der Waals surface area contributed by atoms with Crippen LogP contribution in [0.25, 0.3) is 0 Å². The van der Waals surface area contributed by atoms with E-state index in [-0.39, 0.29) is 37.5 Å². The third-order valence-electron chi connectivity index (χ3n) is 12.0. The molecule has 65 heavy (non-hydrogen) atoms. The molecular weight excluding hydrogens is 805 g/mol. The molecule has 0 unspecified atom stereocenters. The van der Waals surface area contributed by atoms with Crippen LogP contribution in [0, 0.1) is 0 Å². The molecule has 0 aromatic rings. The van der Waals surface area contributed by atoms with Gasteiger partial charge in [-0.25, -0.2) is 0 Å². The average molecular weight is 909 g/mol. The summed E-state index contributed by atoms with van der Waals surface area (Å²) in [7, 11) is 0. The maximum Gasteiger partial charge on any atom is 0.306 e. The van der Waals surface area contributed by atoms with Gasteiger partial charge in [-0.05, 0) is 83.5 Å². The number of hydrogen-bond acceptors (Lipinski definition) is 6. The highest BCUT2D eigenvalue weighted by Crippen LogP contribution is 2.16. The van der Waals surface area contributed by atoms with E-state index >= 15 is 0 Å². The SMILES string of the molecule is CC/C=C\C/C=C\C/C=C\C/C=C\CCCCC(=O)O[C@H](COC(=O)CCCCCCC/C=C\CCCCCCCC)COC(=O)CCCCCCCCCCCCCCCCCCC. The van der Waals surface area contributed by atoms with E-state index in [9.17, 15) is 14.4 Å². The van der Waals surface area contributed by atoms with Crippen molar-refractivity contribution >= 4 is 17.9 Å². The zero-order chi connectivity index (χ0) is 47.2. The van der Waals surface area contributed by atoms with Crippen LogP contribution in [0.3, 0.4) is 0 Å². The molecule has 0 aliphatic heterocycles. The van der Waals surface area contributed by atoms with Gasteiger partial charge in [-0.1, -0.05) is 236 Å². The molecule has 0 aliphatic rings. The summed E-state index contributed by atoms with van der Waals surface area (Å²) < 4.78 is 16.8. The first-order chi connectivity index (χ1) is 32.0. The highest BCUT2D eigenvalue weighted by atomic mass is 16.6. The van der Waals surface area contributed by atoms with Gasteiger partial charge in [0.05, 0.1) is 0 Å². The minimum Gasteiger partial charge on any atom is -0.462 e. The second kappa shape index (κ2) is 53.7. The second-order valence-electron chi connectivity index (χ2n) is 18.5. The summed E-state index contributed by atoms with van der Waals surface area (Å²) in [4.78, 5) is 38.1. The zero-order valence-corrected chi connectivity index (χ0v) is 43.0. The normalized spacial score (nSPS) is 12.5. The highest BCUT2D eigenvalue weighted by molar-refractivity contribution is 5.71. The summed E-state index contributed by atoms with van der Waals surface area (Å²) in [5, 5.41) is 0. The van der Waals surface area contributed by atoms with E-state index < -0.39 is 6.10 Å². The van der Waals surface area contributed by atoms with Crippen molar-refractivity contribution in [3.8, 4) is 0 Å². The largest absolute Gasteiger partial charge is 0.462 e. The number of allylic oxidation sites excluding steroid dienone is 10. The molecule has 0 radical (unpaired) electrons. The quantitative estimate of drug-likeness (QED) is 0.0262. The zero-order valence-electron chi connectivity index (χ0n) is 43.0. The molecule has 6 nitrogen and oxygen atoms in total. The Morgan fingerprint density at radius 2 is 0.600 bits per heavy atom. The van der Waals surface area contributed by atoms with E-state index in [4.69, 9.17) is 14.2 Å². The number of unbranched alkanes of at least 4 members (excludes halogenated alkanes) is 29. The van der Waals surface area contributed by atoms with Crippen molar-refractivity contribution in [1.29, 1.82) is 0 Å². The Labute approximate surface area is 402 Å². The maximum atomic E-state index is 12.8. The van der Waals surface area contributed by atoms with Gasteiger partial charge < -0.3 is 14.2 Å². The molecule has 0 fully saturated rings. The fourth-order valence-corrected chi connectivity index (χ4v) is 7.84. The Kier molecular flexibility index (Phi) is 51.3. The third kappa shape index (κ3) is 51.9. The number of esters is 3. The molecule has 0 aromatic carbocycles. The lowest BCUT2D eigenvalue weighted by atomic mass is 10.0. The molecule has 0 amide bonds. The van der Waals surface area contributed by atoms with Gasteiger partial charge >= 0.3 is 17.9 Å². The molecule has 0 spiro atoms. The summed E-state index contributed by atoms with van der Waals surface area (Å²) in [6.07, 6.45) is 66.4. The number of hydrogen-bond donors (Lipinski definition) is 0. The van der Waals surface area contributed by atoms with Crippen molar-refractivity contribution in [2.75, 3.05) is 13.2 Å². The second-order valence-corrected chi connectivity index (χ2v) is 18.5. The molecule has 1 atom stereocenters. The van der Waals surface area contributed by atoms with Gasteiger partial charge in [-0.2, -0.15) is 0 Å². The Morgan fingerprint density at radius 1 is 0.323 bits per heavy atom. The van der Waals surface area contributed by atoms with Gasteiger partial charge in [0.25, 0.3) is 0 Å². The van der Waals surface area contributed by atoms with Crippen LogP contribution in [0.1, 0.15) is 278 Å². The molecule has 376 valence electrons. The Balaban J connectivity index is 4.42. The standard InChI is InChI=1S/C59H104O6/c1-4-7-10-13-16-19-22-25-28-29-32-34-37-40-43-46-49-52-58(61)64-55-56(65-59(62)53-50-47-44-41-38-35-31-27-24-21-18-15-12-9-6-3)54-63-57(60)51-48-45-42-39-36-33-30-26-23-20-17-14-11-8-5-2/h9,12,18,21,26-27,30-31,38,41,56H,4-8,10-11,13-17,19-20,22-25,28-29,32-37,39-40,42-55H2,1-3H3/b12-9-,21-18-,30-26-,31-27-,41-38-/t56-/m1/s1. The van der Waals surface area contributed by atoms with Crippen molar-refractivity contribution < 1.29 is 28.6 Å². The lowest BCUT2D eigenvalue weighted by Gasteiger charge is -2.18. The van der Waals surface area contributed by atoms with Crippen molar-refractivity contribution in [3.05, 3.63) is 60.8 Å². The predicted molar refractivity (Wildman–Crippen MR) is 279 cm³/mol. The van der Waals surface area contributed by atoms with Crippen molar-refractivity contribution in [1.82, 2.24) is 0 Å². The number of carbonyl (C=O) groups is 3. The summed E-state index contributed by atoms with van der Waals surface area (Å²) in [6.45, 7) is 6.50. The van der Waals surface area contributed by atoms with Crippen LogP contribution in [-0.2, 0) is 28.6 Å². The molecule has 0 N–H and O–H groups in total. The van der Waals surface area contributed by atoms with E-state index in [1.807, 2.05) is 0 Å². The van der Waals surface area contributed by atoms with Gasteiger partial charge in [-0.3, -0.25) is 14.4 Å². The van der Waals surface area contributed by atoms with E-state index in [0.717, 1.165) is 83.5 Å². The summed E-state index contributed by atoms with van der Waals surface area (Å²) in [5.41, 5.74) is 0. The van der Waals surface area contributed by atoms with Crippen LogP contribution >= 0.6 is 0 Å². The van der Waals surface area contributed by atoms with Crippen LogP contribution in [0.2, 0.25) is 0 Å². The van der Waals surface area contributed by atoms with Crippen LogP contribution in [0.15, 0.2) is 60.8 Å². The Morgan fingerprint density at radius 3 is 0.985 bits per heavy atom. The molecule has 6 heteroatoms. The molecule has 0 saturated carbocycles. The smallest absolute Gasteiger partial charge is 0.306 e. The monoisotopic (exact) mass is 909 g/mol. The molecule has 0 heterocycles. The molecule has 0 aromatic heterocycles. The topological polar surface area (TPSA) is 78.9 Å². The van der Waals surface area contributed by atoms with Gasteiger partial charge in [0.1, 0.15) is 13.2 Å². The minimum atomic E-state index is -0.797. The number of carbonyl (C=O) groups excluding carboxylic acids is 3. The highest BCUT2D eigenvalue weighted by Gasteiger charge is 2.19. The molecule has 0 saturated heterocycles. The third-order valence-corrected chi connectivity index (χ3v) is 12.0. The molecule has 0 aliphatic carbocycles. The summed E-state index contributed by atoms with van der Waals surface area (Å²) >= 11 is 0. The first-order valence-corrected chi connectivity index (χ1v) is 27.8. The fraction of sp³-hybridized carbons (Fsp3) is 0.780. The molecule has 0 rings (SSSR count). The van der Waals surface area contributed by atoms with E-state index in [0.29, 0.717) is 19.3 Å². The number of ether oxygens (including phenoxy) is 3. The Bertz CT molecular complexity index is 1180. The average Bonchev–Trinajstić information content (AvgIpc) is 3.30.